The Morgan fingerprint density at radius 1 is 0.912 bits per heavy atom. The lowest BCUT2D eigenvalue weighted by molar-refractivity contribution is -0.137. The number of thioether (sulfide) groups is 1. The van der Waals surface area contributed by atoms with Gasteiger partial charge in [-0.2, -0.15) is 18.4 Å². The third kappa shape index (κ3) is 5.71. The zero-order chi connectivity index (χ0) is 24.1. The Labute approximate surface area is 201 Å². The monoisotopic (exact) mass is 495 g/mol. The summed E-state index contributed by atoms with van der Waals surface area (Å²) in [5.41, 5.74) is 0.150. The van der Waals surface area contributed by atoms with Crippen LogP contribution in [0.15, 0.2) is 98.6 Å². The van der Waals surface area contributed by atoms with Crippen molar-refractivity contribution in [3.8, 4) is 17.3 Å². The number of aromatic amines is 1. The van der Waals surface area contributed by atoms with Gasteiger partial charge in [0.25, 0.3) is 5.56 Å². The average Bonchev–Trinajstić information content (AvgIpc) is 2.83. The Balaban J connectivity index is 1.54. The fourth-order valence-electron chi connectivity index (χ4n) is 3.08. The zero-order valence-electron chi connectivity index (χ0n) is 17.5. The van der Waals surface area contributed by atoms with Gasteiger partial charge in [0.15, 0.2) is 5.16 Å². The lowest BCUT2D eigenvalue weighted by Gasteiger charge is -2.09. The molecule has 0 radical (unpaired) electrons. The Kier molecular flexibility index (Phi) is 7.10. The summed E-state index contributed by atoms with van der Waals surface area (Å²) in [5.74, 6) is 0.305. The van der Waals surface area contributed by atoms with Crippen molar-refractivity contribution in [1.82, 2.24) is 9.97 Å². The van der Waals surface area contributed by atoms with Crippen LogP contribution in [-0.4, -0.2) is 9.97 Å². The summed E-state index contributed by atoms with van der Waals surface area (Å²) < 4.78 is 38.2. The molecule has 170 valence electrons. The van der Waals surface area contributed by atoms with Gasteiger partial charge in [0.2, 0.25) is 0 Å². The maximum Gasteiger partial charge on any atom is 0.416 e. The number of hydrogen-bond acceptors (Lipinski definition) is 5. The first kappa shape index (κ1) is 23.7. The van der Waals surface area contributed by atoms with E-state index < -0.39 is 17.3 Å². The summed E-state index contributed by atoms with van der Waals surface area (Å²) in [6.07, 6.45) is -4.39. The van der Waals surface area contributed by atoms with Gasteiger partial charge >= 0.3 is 6.18 Å². The van der Waals surface area contributed by atoms with Crippen LogP contribution in [0.25, 0.3) is 11.3 Å². The van der Waals surface area contributed by atoms with Crippen molar-refractivity contribution in [3.63, 3.8) is 0 Å². The number of halogens is 3. The quantitative estimate of drug-likeness (QED) is 0.236. The Bertz CT molecular complexity index is 1380. The number of rotatable bonds is 6. The molecule has 0 fully saturated rings. The highest BCUT2D eigenvalue weighted by molar-refractivity contribution is 7.99. The smallest absolute Gasteiger partial charge is 0.300 e. The van der Waals surface area contributed by atoms with Crippen LogP contribution >= 0.6 is 23.5 Å². The normalized spacial score (nSPS) is 11.2. The van der Waals surface area contributed by atoms with Crippen LogP contribution in [0.5, 0.6) is 0 Å². The predicted molar refractivity (Wildman–Crippen MR) is 127 cm³/mol. The lowest BCUT2D eigenvalue weighted by atomic mass is 10.1. The first-order valence-corrected chi connectivity index (χ1v) is 11.8. The molecule has 1 aromatic heterocycles. The van der Waals surface area contributed by atoms with E-state index in [0.717, 1.165) is 21.9 Å². The molecule has 4 rings (SSSR count). The van der Waals surface area contributed by atoms with Crippen LogP contribution < -0.4 is 5.56 Å². The summed E-state index contributed by atoms with van der Waals surface area (Å²) in [7, 11) is 0. The van der Waals surface area contributed by atoms with Crippen LogP contribution in [0, 0.1) is 11.3 Å². The third-order valence-corrected chi connectivity index (χ3v) is 6.73. The SMILES string of the molecule is N#Cc1c(-c2ccc(Sc3ccccc3)cc2)nc(SCc2ccc(C(F)(F)F)cc2)[nH]c1=O. The summed E-state index contributed by atoms with van der Waals surface area (Å²) in [5, 5.41) is 9.77. The van der Waals surface area contributed by atoms with Crippen molar-refractivity contribution in [2.24, 2.45) is 0 Å². The fourth-order valence-corrected chi connectivity index (χ4v) is 4.73. The molecule has 0 atom stereocenters. The molecule has 3 aromatic carbocycles. The summed E-state index contributed by atoms with van der Waals surface area (Å²) in [4.78, 5) is 21.6. The van der Waals surface area contributed by atoms with Crippen LogP contribution in [0.3, 0.4) is 0 Å². The molecule has 0 aliphatic carbocycles. The maximum atomic E-state index is 12.7. The number of nitriles is 1. The van der Waals surface area contributed by atoms with E-state index in [-0.39, 0.29) is 16.4 Å². The van der Waals surface area contributed by atoms with Crippen LogP contribution in [-0.2, 0) is 11.9 Å². The second-order valence-corrected chi connectivity index (χ2v) is 9.24. The molecular weight excluding hydrogens is 479 g/mol. The number of nitrogens with zero attached hydrogens (tertiary/aromatic N) is 2. The van der Waals surface area contributed by atoms with Gasteiger partial charge in [-0.1, -0.05) is 66.0 Å². The highest BCUT2D eigenvalue weighted by Gasteiger charge is 2.29. The molecule has 0 aliphatic heterocycles. The van der Waals surface area contributed by atoms with E-state index in [0.29, 0.717) is 16.9 Å². The molecule has 0 saturated carbocycles. The van der Waals surface area contributed by atoms with Gasteiger partial charge < -0.3 is 4.98 Å². The van der Waals surface area contributed by atoms with Gasteiger partial charge in [0.05, 0.1) is 11.3 Å². The molecule has 0 unspecified atom stereocenters. The molecule has 1 N–H and O–H groups in total. The lowest BCUT2D eigenvalue weighted by Crippen LogP contribution is -2.14. The molecule has 0 aliphatic rings. The van der Waals surface area contributed by atoms with E-state index >= 15 is 0 Å². The second-order valence-electron chi connectivity index (χ2n) is 7.13. The van der Waals surface area contributed by atoms with Crippen molar-refractivity contribution in [2.75, 3.05) is 0 Å². The minimum absolute atomic E-state index is 0.0951. The van der Waals surface area contributed by atoms with Gasteiger partial charge in [-0.15, -0.1) is 0 Å². The van der Waals surface area contributed by atoms with Gasteiger partial charge in [-0.3, -0.25) is 4.79 Å². The molecule has 34 heavy (non-hydrogen) atoms. The highest BCUT2D eigenvalue weighted by atomic mass is 32.2. The van der Waals surface area contributed by atoms with Gasteiger partial charge in [-0.25, -0.2) is 4.98 Å². The molecule has 9 heteroatoms. The number of alkyl halides is 3. The topological polar surface area (TPSA) is 69.5 Å². The summed E-state index contributed by atoms with van der Waals surface area (Å²) in [6, 6.07) is 24.0. The maximum absolute atomic E-state index is 12.7. The molecule has 4 nitrogen and oxygen atoms in total. The largest absolute Gasteiger partial charge is 0.416 e. The first-order valence-electron chi connectivity index (χ1n) is 10.00. The number of aromatic nitrogens is 2. The Morgan fingerprint density at radius 2 is 1.56 bits per heavy atom. The van der Waals surface area contributed by atoms with Gasteiger partial charge in [-0.05, 0) is 42.0 Å². The van der Waals surface area contributed by atoms with Crippen molar-refractivity contribution in [2.45, 2.75) is 26.9 Å². The minimum Gasteiger partial charge on any atom is -0.300 e. The summed E-state index contributed by atoms with van der Waals surface area (Å²) in [6.45, 7) is 0. The fraction of sp³-hybridized carbons (Fsp3) is 0.0800. The van der Waals surface area contributed by atoms with Crippen molar-refractivity contribution >= 4 is 23.5 Å². The number of H-pyrrole nitrogens is 1. The number of nitrogens with one attached hydrogen (secondary N) is 1. The average molecular weight is 496 g/mol. The van der Waals surface area contributed by atoms with Crippen molar-refractivity contribution < 1.29 is 13.2 Å². The van der Waals surface area contributed by atoms with E-state index in [2.05, 4.69) is 9.97 Å². The van der Waals surface area contributed by atoms with Crippen LogP contribution in [0.4, 0.5) is 13.2 Å². The molecule has 0 amide bonds. The molecule has 1 heterocycles. The molecule has 0 bridgehead atoms. The van der Waals surface area contributed by atoms with Crippen molar-refractivity contribution in [3.05, 3.63) is 106 Å². The number of hydrogen-bond donors (Lipinski definition) is 1. The standard InChI is InChI=1S/C25H16F3N3OS2/c26-25(27,28)18-10-6-16(7-11-18)15-33-24-30-22(21(14-29)23(32)31-24)17-8-12-20(13-9-17)34-19-4-2-1-3-5-19/h1-13H,15H2,(H,30,31,32). The second kappa shape index (κ2) is 10.2. The molecule has 4 aromatic rings. The molecule has 0 saturated heterocycles. The van der Waals surface area contributed by atoms with E-state index in [4.69, 9.17) is 0 Å². The van der Waals surface area contributed by atoms with Crippen molar-refractivity contribution in [1.29, 1.82) is 5.26 Å². The highest BCUT2D eigenvalue weighted by Crippen LogP contribution is 2.31. The van der Waals surface area contributed by atoms with Gasteiger partial charge in [0, 0.05) is 21.1 Å². The number of benzene rings is 3. The Morgan fingerprint density at radius 3 is 2.18 bits per heavy atom. The molecule has 0 spiro atoms. The van der Waals surface area contributed by atoms with E-state index in [1.165, 1.54) is 23.9 Å². The van der Waals surface area contributed by atoms with Crippen LogP contribution in [0.2, 0.25) is 0 Å². The molecular formula is C25H16F3N3OS2. The van der Waals surface area contributed by atoms with E-state index in [1.807, 2.05) is 48.5 Å². The van der Waals surface area contributed by atoms with Crippen LogP contribution in [0.1, 0.15) is 16.7 Å². The zero-order valence-corrected chi connectivity index (χ0v) is 19.1. The minimum atomic E-state index is -4.39. The van der Waals surface area contributed by atoms with E-state index in [9.17, 15) is 23.2 Å². The third-order valence-electron chi connectivity index (χ3n) is 4.77. The predicted octanol–water partition coefficient (Wildman–Crippen LogP) is 6.77. The van der Waals surface area contributed by atoms with E-state index in [1.54, 1.807) is 23.9 Å². The Hall–Kier alpha value is -3.48. The van der Waals surface area contributed by atoms with Gasteiger partial charge in [0.1, 0.15) is 11.6 Å². The summed E-state index contributed by atoms with van der Waals surface area (Å²) >= 11 is 2.76. The first-order chi connectivity index (χ1) is 16.3.